The minimum Gasteiger partial charge on any atom is -0.396 e. The molecule has 0 saturated heterocycles. The second-order valence-corrected chi connectivity index (χ2v) is 5.03. The lowest BCUT2D eigenvalue weighted by atomic mass is 9.32. The van der Waals surface area contributed by atoms with Gasteiger partial charge in [-0.3, -0.25) is 0 Å². The van der Waals surface area contributed by atoms with Crippen LogP contribution >= 0.6 is 0 Å². The first-order valence-corrected chi connectivity index (χ1v) is 4.66. The molecule has 1 nitrogen and oxygen atoms in total. The fourth-order valence-electron chi connectivity index (χ4n) is 3.56. The van der Waals surface area contributed by atoms with Gasteiger partial charge in [-0.25, -0.2) is 0 Å². The van der Waals surface area contributed by atoms with E-state index in [2.05, 4.69) is 20.8 Å². The third-order valence-corrected chi connectivity index (χ3v) is 4.76. The Balaban J connectivity index is 2.20. The first-order chi connectivity index (χ1) is 5.05. The van der Waals surface area contributed by atoms with Crippen molar-refractivity contribution in [2.75, 3.05) is 6.61 Å². The van der Waals surface area contributed by atoms with Crippen molar-refractivity contribution in [2.24, 2.45) is 22.7 Å². The van der Waals surface area contributed by atoms with E-state index in [0.29, 0.717) is 17.4 Å². The van der Waals surface area contributed by atoms with Gasteiger partial charge in [-0.2, -0.15) is 0 Å². The van der Waals surface area contributed by atoms with E-state index >= 15 is 0 Å². The lowest BCUT2D eigenvalue weighted by Gasteiger charge is -2.72. The standard InChI is InChI=1S/C10H18O/c1-7-9(2,3)8-4-5-10(7,8)6-11/h7-8,11H,4-6H2,1-3H3/t7-,8-,10?/m0/s1. The Morgan fingerprint density at radius 3 is 2.27 bits per heavy atom. The molecule has 0 heterocycles. The predicted octanol–water partition coefficient (Wildman–Crippen LogP) is 2.05. The third-order valence-electron chi connectivity index (χ3n) is 4.76. The fourth-order valence-corrected chi connectivity index (χ4v) is 3.56. The molecule has 2 aliphatic rings. The van der Waals surface area contributed by atoms with Crippen molar-refractivity contribution in [3.05, 3.63) is 0 Å². The number of rotatable bonds is 1. The van der Waals surface area contributed by atoms with E-state index in [0.717, 1.165) is 11.8 Å². The Hall–Kier alpha value is -0.0400. The van der Waals surface area contributed by atoms with Crippen molar-refractivity contribution in [3.63, 3.8) is 0 Å². The summed E-state index contributed by atoms with van der Waals surface area (Å²) < 4.78 is 0. The van der Waals surface area contributed by atoms with E-state index in [1.807, 2.05) is 0 Å². The van der Waals surface area contributed by atoms with E-state index in [-0.39, 0.29) is 0 Å². The molecule has 2 fully saturated rings. The van der Waals surface area contributed by atoms with Crippen LogP contribution in [0.15, 0.2) is 0 Å². The highest BCUT2D eigenvalue weighted by atomic mass is 16.3. The van der Waals surface area contributed by atoms with Gasteiger partial charge in [0.2, 0.25) is 0 Å². The molecule has 0 aromatic rings. The molecule has 0 aliphatic heterocycles. The van der Waals surface area contributed by atoms with Crippen molar-refractivity contribution in [3.8, 4) is 0 Å². The molecule has 0 aromatic heterocycles. The van der Waals surface area contributed by atoms with Gasteiger partial charge >= 0.3 is 0 Å². The first kappa shape index (κ1) is 7.60. The summed E-state index contributed by atoms with van der Waals surface area (Å²) in [6.07, 6.45) is 2.61. The van der Waals surface area contributed by atoms with Crippen LogP contribution in [-0.2, 0) is 0 Å². The summed E-state index contributed by atoms with van der Waals surface area (Å²) >= 11 is 0. The van der Waals surface area contributed by atoms with Gasteiger partial charge in [-0.1, -0.05) is 20.8 Å². The molecule has 0 aromatic carbocycles. The highest BCUT2D eigenvalue weighted by Crippen LogP contribution is 2.73. The number of fused-ring (bicyclic) bond motifs is 1. The van der Waals surface area contributed by atoms with E-state index in [9.17, 15) is 5.11 Å². The molecule has 0 bridgehead atoms. The highest BCUT2D eigenvalue weighted by molar-refractivity contribution is 5.16. The summed E-state index contributed by atoms with van der Waals surface area (Å²) in [6.45, 7) is 7.40. The lowest BCUT2D eigenvalue weighted by molar-refractivity contribution is -0.260. The van der Waals surface area contributed by atoms with Gasteiger partial charge in [0.15, 0.2) is 0 Å². The smallest absolute Gasteiger partial charge is 0.0493 e. The highest BCUT2D eigenvalue weighted by Gasteiger charge is 2.68. The van der Waals surface area contributed by atoms with Crippen LogP contribution in [0.25, 0.3) is 0 Å². The normalized spacial score (nSPS) is 52.4. The average Bonchev–Trinajstić information content (AvgIpc) is 1.86. The van der Waals surface area contributed by atoms with Crippen molar-refractivity contribution < 1.29 is 5.11 Å². The van der Waals surface area contributed by atoms with Gasteiger partial charge in [0, 0.05) is 6.61 Å². The maximum atomic E-state index is 9.27. The molecule has 2 saturated carbocycles. The van der Waals surface area contributed by atoms with Crippen molar-refractivity contribution in [1.82, 2.24) is 0 Å². The topological polar surface area (TPSA) is 20.2 Å². The molecule has 3 atom stereocenters. The van der Waals surface area contributed by atoms with Crippen LogP contribution in [0.1, 0.15) is 33.6 Å². The van der Waals surface area contributed by atoms with Crippen LogP contribution in [0.5, 0.6) is 0 Å². The zero-order chi connectivity index (χ0) is 8.28. The van der Waals surface area contributed by atoms with Crippen LogP contribution in [-0.4, -0.2) is 11.7 Å². The Labute approximate surface area is 68.8 Å². The van der Waals surface area contributed by atoms with E-state index in [4.69, 9.17) is 0 Å². The minimum atomic E-state index is 0.351. The first-order valence-electron chi connectivity index (χ1n) is 4.66. The van der Waals surface area contributed by atoms with Gasteiger partial charge in [0.1, 0.15) is 0 Å². The predicted molar refractivity (Wildman–Crippen MR) is 45.2 cm³/mol. The van der Waals surface area contributed by atoms with Crippen LogP contribution < -0.4 is 0 Å². The molecular formula is C10H18O. The van der Waals surface area contributed by atoms with Gasteiger partial charge in [-0.05, 0) is 35.5 Å². The molecule has 2 aliphatic carbocycles. The zero-order valence-electron chi connectivity index (χ0n) is 7.72. The SMILES string of the molecule is C[C@H]1C(C)(C)[C@@H]2CCC12CO. The van der Waals surface area contributed by atoms with Crippen molar-refractivity contribution >= 4 is 0 Å². The molecule has 1 heteroatoms. The molecule has 0 radical (unpaired) electrons. The summed E-state index contributed by atoms with van der Waals surface area (Å²) in [5.74, 6) is 1.54. The molecule has 0 spiro atoms. The number of hydrogen-bond acceptors (Lipinski definition) is 1. The average molecular weight is 154 g/mol. The molecule has 2 rings (SSSR count). The van der Waals surface area contributed by atoms with Crippen LogP contribution in [0.2, 0.25) is 0 Å². The fraction of sp³-hybridized carbons (Fsp3) is 1.00. The maximum absolute atomic E-state index is 9.27. The van der Waals surface area contributed by atoms with Gasteiger partial charge in [0.25, 0.3) is 0 Å². The largest absolute Gasteiger partial charge is 0.396 e. The molecular weight excluding hydrogens is 136 g/mol. The lowest BCUT2D eigenvalue weighted by Crippen LogP contribution is -2.68. The summed E-state index contributed by atoms with van der Waals surface area (Å²) in [6, 6.07) is 0. The second kappa shape index (κ2) is 1.82. The van der Waals surface area contributed by atoms with Crippen LogP contribution in [0.3, 0.4) is 0 Å². The Kier molecular flexibility index (Phi) is 1.26. The number of aliphatic hydroxyl groups excluding tert-OH is 1. The molecule has 1 N–H and O–H groups in total. The quantitative estimate of drug-likeness (QED) is 0.613. The van der Waals surface area contributed by atoms with Crippen molar-refractivity contribution in [2.45, 2.75) is 33.6 Å². The number of hydrogen-bond donors (Lipinski definition) is 1. The summed E-state index contributed by atoms with van der Waals surface area (Å²) in [5.41, 5.74) is 0.852. The minimum absolute atomic E-state index is 0.351. The van der Waals surface area contributed by atoms with Crippen LogP contribution in [0.4, 0.5) is 0 Å². The zero-order valence-corrected chi connectivity index (χ0v) is 7.72. The summed E-state index contributed by atoms with van der Waals surface area (Å²) in [7, 11) is 0. The molecule has 0 amide bonds. The monoisotopic (exact) mass is 154 g/mol. The van der Waals surface area contributed by atoms with Crippen LogP contribution in [0, 0.1) is 22.7 Å². The van der Waals surface area contributed by atoms with E-state index in [1.54, 1.807) is 0 Å². The summed E-state index contributed by atoms with van der Waals surface area (Å²) in [5, 5.41) is 9.27. The molecule has 64 valence electrons. The Morgan fingerprint density at radius 1 is 1.45 bits per heavy atom. The van der Waals surface area contributed by atoms with Gasteiger partial charge in [-0.15, -0.1) is 0 Å². The van der Waals surface area contributed by atoms with Crippen molar-refractivity contribution in [1.29, 1.82) is 0 Å². The van der Waals surface area contributed by atoms with E-state index < -0.39 is 0 Å². The molecule has 11 heavy (non-hydrogen) atoms. The van der Waals surface area contributed by atoms with Gasteiger partial charge in [0.05, 0.1) is 0 Å². The third kappa shape index (κ3) is 0.581. The Morgan fingerprint density at radius 2 is 2.09 bits per heavy atom. The Bertz CT molecular complexity index is 171. The number of aliphatic hydroxyl groups is 1. The second-order valence-electron chi connectivity index (χ2n) is 5.03. The summed E-state index contributed by atoms with van der Waals surface area (Å²) in [4.78, 5) is 0. The van der Waals surface area contributed by atoms with E-state index in [1.165, 1.54) is 12.8 Å². The van der Waals surface area contributed by atoms with Gasteiger partial charge < -0.3 is 5.11 Å². The molecule has 1 unspecified atom stereocenters. The maximum Gasteiger partial charge on any atom is 0.0493 e.